The minimum Gasteiger partial charge on any atom is -0.478 e. The summed E-state index contributed by atoms with van der Waals surface area (Å²) in [6.45, 7) is 3.46. The van der Waals surface area contributed by atoms with Gasteiger partial charge in [0.2, 0.25) is 0 Å². The minimum atomic E-state index is -1.18. The fourth-order valence-electron chi connectivity index (χ4n) is 1.53. The van der Waals surface area contributed by atoms with Gasteiger partial charge in [0.1, 0.15) is 0 Å². The molecule has 16 heavy (non-hydrogen) atoms. The van der Waals surface area contributed by atoms with Crippen LogP contribution in [0, 0.1) is 0 Å². The fraction of sp³-hybridized carbons (Fsp3) is 0. The number of hydrogen-bond donors (Lipinski definition) is 1. The molecule has 0 amide bonds. The van der Waals surface area contributed by atoms with Crippen molar-refractivity contribution in [1.29, 1.82) is 0 Å². The van der Waals surface area contributed by atoms with Crippen LogP contribution in [-0.4, -0.2) is 23.0 Å². The topological polar surface area (TPSA) is 80.7 Å². The maximum Gasteiger partial charge on any atom is 0.347 e. The Balaban J connectivity index is 2.77. The SMILES string of the molecule is C=Cc1cc(C(=O)O)cc2c1C(=O)OC2=O. The van der Waals surface area contributed by atoms with Gasteiger partial charge in [0.05, 0.1) is 16.7 Å². The molecule has 1 aromatic rings. The Bertz CT molecular complexity index is 542. The van der Waals surface area contributed by atoms with E-state index in [2.05, 4.69) is 11.3 Å². The third kappa shape index (κ3) is 1.30. The van der Waals surface area contributed by atoms with Crippen molar-refractivity contribution in [3.63, 3.8) is 0 Å². The molecule has 1 aromatic carbocycles. The van der Waals surface area contributed by atoms with E-state index in [-0.39, 0.29) is 22.3 Å². The van der Waals surface area contributed by atoms with Gasteiger partial charge in [-0.3, -0.25) is 0 Å². The molecule has 0 aromatic heterocycles. The first kappa shape index (κ1) is 10.1. The number of benzene rings is 1. The first-order valence-electron chi connectivity index (χ1n) is 4.35. The van der Waals surface area contributed by atoms with Gasteiger partial charge in [-0.05, 0) is 17.7 Å². The predicted molar refractivity (Wildman–Crippen MR) is 53.2 cm³/mol. The standard InChI is InChI=1S/C11H6O5/c1-2-5-3-6(9(12)13)4-7-8(5)11(15)16-10(7)14/h2-4H,1H2,(H,12,13). The van der Waals surface area contributed by atoms with Gasteiger partial charge in [0, 0.05) is 0 Å². The molecule has 1 aliphatic rings. The molecule has 0 unspecified atom stereocenters. The smallest absolute Gasteiger partial charge is 0.347 e. The number of cyclic esters (lactones) is 2. The lowest BCUT2D eigenvalue weighted by atomic mass is 9.99. The van der Waals surface area contributed by atoms with Crippen molar-refractivity contribution in [2.75, 3.05) is 0 Å². The lowest BCUT2D eigenvalue weighted by Gasteiger charge is -2.01. The third-order valence-corrected chi connectivity index (χ3v) is 2.25. The Hall–Kier alpha value is -2.43. The van der Waals surface area contributed by atoms with Crippen LogP contribution in [0.15, 0.2) is 18.7 Å². The molecule has 1 N–H and O–H groups in total. The molecule has 0 fully saturated rings. The minimum absolute atomic E-state index is 0.0280. The maximum absolute atomic E-state index is 11.3. The van der Waals surface area contributed by atoms with Crippen molar-refractivity contribution in [2.24, 2.45) is 0 Å². The largest absolute Gasteiger partial charge is 0.478 e. The summed E-state index contributed by atoms with van der Waals surface area (Å²) in [5.41, 5.74) is 0.246. The Morgan fingerprint density at radius 1 is 1.31 bits per heavy atom. The van der Waals surface area contributed by atoms with Crippen molar-refractivity contribution in [2.45, 2.75) is 0 Å². The van der Waals surface area contributed by atoms with E-state index in [1.807, 2.05) is 0 Å². The van der Waals surface area contributed by atoms with Gasteiger partial charge >= 0.3 is 17.9 Å². The van der Waals surface area contributed by atoms with Crippen LogP contribution in [0.3, 0.4) is 0 Å². The highest BCUT2D eigenvalue weighted by Crippen LogP contribution is 2.26. The normalized spacial score (nSPS) is 13.2. The lowest BCUT2D eigenvalue weighted by molar-refractivity contribution is 0.0443. The van der Waals surface area contributed by atoms with E-state index >= 15 is 0 Å². The molecule has 5 heteroatoms. The van der Waals surface area contributed by atoms with Crippen LogP contribution in [0.25, 0.3) is 6.08 Å². The number of aromatic carboxylic acids is 1. The van der Waals surface area contributed by atoms with E-state index < -0.39 is 17.9 Å². The molecule has 0 bridgehead atoms. The van der Waals surface area contributed by atoms with Crippen LogP contribution >= 0.6 is 0 Å². The van der Waals surface area contributed by atoms with E-state index in [9.17, 15) is 14.4 Å². The Kier molecular flexibility index (Phi) is 2.09. The van der Waals surface area contributed by atoms with Gasteiger partial charge in [0.15, 0.2) is 0 Å². The van der Waals surface area contributed by atoms with Gasteiger partial charge < -0.3 is 9.84 Å². The van der Waals surface area contributed by atoms with Gasteiger partial charge in [-0.2, -0.15) is 0 Å². The van der Waals surface area contributed by atoms with Crippen molar-refractivity contribution in [1.82, 2.24) is 0 Å². The number of carboxylic acid groups (broad SMARTS) is 1. The number of esters is 2. The molecule has 0 radical (unpaired) electrons. The molecule has 0 saturated carbocycles. The molecule has 0 spiro atoms. The van der Waals surface area contributed by atoms with Crippen LogP contribution in [0.4, 0.5) is 0 Å². The summed E-state index contributed by atoms with van der Waals surface area (Å²) >= 11 is 0. The Morgan fingerprint density at radius 3 is 2.56 bits per heavy atom. The molecule has 0 atom stereocenters. The molecule has 5 nitrogen and oxygen atoms in total. The Morgan fingerprint density at radius 2 is 2.00 bits per heavy atom. The highest BCUT2D eigenvalue weighted by Gasteiger charge is 2.32. The molecule has 80 valence electrons. The lowest BCUT2D eigenvalue weighted by Crippen LogP contribution is -2.02. The van der Waals surface area contributed by atoms with Crippen LogP contribution in [0.2, 0.25) is 0 Å². The molecule has 0 aliphatic carbocycles. The highest BCUT2D eigenvalue weighted by atomic mass is 16.6. The van der Waals surface area contributed by atoms with E-state index in [1.165, 1.54) is 12.1 Å². The van der Waals surface area contributed by atoms with Gasteiger partial charge in [-0.1, -0.05) is 12.7 Å². The average Bonchev–Trinajstić information content (AvgIpc) is 2.53. The third-order valence-electron chi connectivity index (χ3n) is 2.25. The zero-order valence-corrected chi connectivity index (χ0v) is 8.02. The molecule has 1 heterocycles. The molecular formula is C11H6O5. The van der Waals surface area contributed by atoms with E-state index in [0.717, 1.165) is 6.07 Å². The summed E-state index contributed by atoms with van der Waals surface area (Å²) in [6.07, 6.45) is 1.31. The van der Waals surface area contributed by atoms with Crippen molar-refractivity contribution in [3.8, 4) is 0 Å². The first-order valence-corrected chi connectivity index (χ1v) is 4.35. The number of carbonyl (C=O) groups is 3. The monoisotopic (exact) mass is 218 g/mol. The van der Waals surface area contributed by atoms with Gasteiger partial charge in [-0.15, -0.1) is 0 Å². The Labute approximate surface area is 90.0 Å². The summed E-state index contributed by atoms with van der Waals surface area (Å²) in [5, 5.41) is 8.82. The second kappa shape index (κ2) is 3.30. The summed E-state index contributed by atoms with van der Waals surface area (Å²) in [6, 6.07) is 2.39. The fourth-order valence-corrected chi connectivity index (χ4v) is 1.53. The first-order chi connectivity index (χ1) is 7.54. The molecule has 1 aliphatic heterocycles. The van der Waals surface area contributed by atoms with Crippen LogP contribution < -0.4 is 0 Å². The van der Waals surface area contributed by atoms with E-state index in [4.69, 9.17) is 5.11 Å². The number of ether oxygens (including phenoxy) is 1. The van der Waals surface area contributed by atoms with Crippen molar-refractivity contribution >= 4 is 24.0 Å². The van der Waals surface area contributed by atoms with Crippen molar-refractivity contribution in [3.05, 3.63) is 41.0 Å². The van der Waals surface area contributed by atoms with Crippen LogP contribution in [-0.2, 0) is 4.74 Å². The van der Waals surface area contributed by atoms with Crippen LogP contribution in [0.1, 0.15) is 36.6 Å². The highest BCUT2D eigenvalue weighted by molar-refractivity contribution is 6.17. The van der Waals surface area contributed by atoms with Gasteiger partial charge in [-0.25, -0.2) is 14.4 Å². The van der Waals surface area contributed by atoms with E-state index in [1.54, 1.807) is 0 Å². The summed E-state index contributed by atoms with van der Waals surface area (Å²) in [7, 11) is 0. The van der Waals surface area contributed by atoms with Gasteiger partial charge in [0.25, 0.3) is 0 Å². The van der Waals surface area contributed by atoms with E-state index in [0.29, 0.717) is 0 Å². The zero-order chi connectivity index (χ0) is 11.9. The van der Waals surface area contributed by atoms with Crippen LogP contribution in [0.5, 0.6) is 0 Å². The summed E-state index contributed by atoms with van der Waals surface area (Å²) in [4.78, 5) is 33.3. The molecule has 0 saturated heterocycles. The number of carboxylic acids is 1. The second-order valence-electron chi connectivity index (χ2n) is 3.17. The number of rotatable bonds is 2. The summed E-state index contributed by atoms with van der Waals surface area (Å²) in [5.74, 6) is -2.78. The number of fused-ring (bicyclic) bond motifs is 1. The maximum atomic E-state index is 11.3. The number of carbonyl (C=O) groups excluding carboxylic acids is 2. The zero-order valence-electron chi connectivity index (χ0n) is 8.02. The van der Waals surface area contributed by atoms with Crippen molar-refractivity contribution < 1.29 is 24.2 Å². The average molecular weight is 218 g/mol. The summed E-state index contributed by atoms with van der Waals surface area (Å²) < 4.78 is 4.39. The second-order valence-corrected chi connectivity index (χ2v) is 3.17. The predicted octanol–water partition coefficient (Wildman–Crippen LogP) is 1.34. The quantitative estimate of drug-likeness (QED) is 0.598. The number of hydrogen-bond acceptors (Lipinski definition) is 4. The molecular weight excluding hydrogens is 212 g/mol. The molecule has 2 rings (SSSR count).